The fraction of sp³-hybridized carbons (Fsp3) is 0.400. The molecule has 0 saturated carbocycles. The minimum absolute atomic E-state index is 0.812. The van der Waals surface area contributed by atoms with Crippen molar-refractivity contribution in [3.8, 4) is 0 Å². The SMILES string of the molecule is CCc1nc(Br)cc(Sc2nc(CC)ns2)n1. The van der Waals surface area contributed by atoms with Gasteiger partial charge < -0.3 is 0 Å². The van der Waals surface area contributed by atoms with Gasteiger partial charge in [-0.05, 0) is 39.2 Å². The van der Waals surface area contributed by atoms with E-state index in [-0.39, 0.29) is 0 Å². The maximum atomic E-state index is 4.44. The van der Waals surface area contributed by atoms with E-state index in [2.05, 4.69) is 35.3 Å². The van der Waals surface area contributed by atoms with Gasteiger partial charge in [0.2, 0.25) is 0 Å². The highest BCUT2D eigenvalue weighted by molar-refractivity contribution is 9.10. The Hall–Kier alpha value is -0.530. The summed E-state index contributed by atoms with van der Waals surface area (Å²) in [7, 11) is 0. The topological polar surface area (TPSA) is 51.6 Å². The number of hydrogen-bond acceptors (Lipinski definition) is 6. The highest BCUT2D eigenvalue weighted by Crippen LogP contribution is 2.28. The van der Waals surface area contributed by atoms with E-state index >= 15 is 0 Å². The molecule has 0 aliphatic rings. The maximum absolute atomic E-state index is 4.44. The second kappa shape index (κ2) is 5.88. The van der Waals surface area contributed by atoms with Gasteiger partial charge in [0.15, 0.2) is 4.34 Å². The molecular weight excluding hydrogens is 320 g/mol. The molecular formula is C10H11BrN4S2. The molecule has 0 radical (unpaired) electrons. The van der Waals surface area contributed by atoms with E-state index in [1.807, 2.05) is 19.9 Å². The lowest BCUT2D eigenvalue weighted by Crippen LogP contribution is -1.94. The third-order valence-electron chi connectivity index (χ3n) is 1.99. The molecule has 0 aliphatic carbocycles. The summed E-state index contributed by atoms with van der Waals surface area (Å²) in [4.78, 5) is 13.1. The Morgan fingerprint density at radius 2 is 1.94 bits per heavy atom. The fourth-order valence-corrected chi connectivity index (χ4v) is 3.41. The van der Waals surface area contributed by atoms with Crippen LogP contribution < -0.4 is 0 Å². The van der Waals surface area contributed by atoms with E-state index in [1.165, 1.54) is 23.3 Å². The molecule has 0 amide bonds. The number of halogens is 1. The van der Waals surface area contributed by atoms with E-state index in [0.717, 1.165) is 38.5 Å². The molecule has 0 aliphatic heterocycles. The molecule has 90 valence electrons. The van der Waals surface area contributed by atoms with Crippen LogP contribution in [0.5, 0.6) is 0 Å². The Balaban J connectivity index is 2.20. The third-order valence-corrected chi connectivity index (χ3v) is 4.11. The van der Waals surface area contributed by atoms with Crippen LogP contribution >= 0.6 is 39.2 Å². The van der Waals surface area contributed by atoms with E-state index < -0.39 is 0 Å². The van der Waals surface area contributed by atoms with E-state index in [0.29, 0.717) is 0 Å². The molecule has 0 bridgehead atoms. The van der Waals surface area contributed by atoms with Gasteiger partial charge in [0.05, 0.1) is 0 Å². The van der Waals surface area contributed by atoms with Crippen LogP contribution in [0, 0.1) is 0 Å². The van der Waals surface area contributed by atoms with Crippen molar-refractivity contribution < 1.29 is 0 Å². The Morgan fingerprint density at radius 1 is 1.18 bits per heavy atom. The van der Waals surface area contributed by atoms with Gasteiger partial charge in [-0.25, -0.2) is 15.0 Å². The predicted molar refractivity (Wildman–Crippen MR) is 72.5 cm³/mol. The molecule has 0 spiro atoms. The van der Waals surface area contributed by atoms with Crippen LogP contribution in [-0.2, 0) is 12.8 Å². The molecule has 0 fully saturated rings. The van der Waals surface area contributed by atoms with E-state index in [9.17, 15) is 0 Å². The highest BCUT2D eigenvalue weighted by Gasteiger charge is 2.08. The van der Waals surface area contributed by atoms with Crippen LogP contribution in [0.15, 0.2) is 20.0 Å². The second-order valence-electron chi connectivity index (χ2n) is 3.23. The zero-order valence-corrected chi connectivity index (χ0v) is 12.7. The molecule has 2 rings (SSSR count). The van der Waals surface area contributed by atoms with Crippen molar-refractivity contribution in [2.75, 3.05) is 0 Å². The smallest absolute Gasteiger partial charge is 0.176 e. The number of aromatic nitrogens is 4. The first-order valence-electron chi connectivity index (χ1n) is 5.25. The molecule has 0 aromatic carbocycles. The Kier molecular flexibility index (Phi) is 4.47. The van der Waals surface area contributed by atoms with Crippen LogP contribution in [0.1, 0.15) is 25.5 Å². The molecule has 0 saturated heterocycles. The van der Waals surface area contributed by atoms with Crippen LogP contribution in [0.25, 0.3) is 0 Å². The highest BCUT2D eigenvalue weighted by atomic mass is 79.9. The molecule has 7 heteroatoms. The summed E-state index contributed by atoms with van der Waals surface area (Å²) in [6.07, 6.45) is 1.69. The quantitative estimate of drug-likeness (QED) is 0.804. The number of aryl methyl sites for hydroxylation is 2. The zero-order chi connectivity index (χ0) is 12.3. The molecule has 2 heterocycles. The van der Waals surface area contributed by atoms with Gasteiger partial charge in [-0.2, -0.15) is 4.37 Å². The first kappa shape index (κ1) is 12.9. The van der Waals surface area contributed by atoms with Crippen molar-refractivity contribution in [3.63, 3.8) is 0 Å². The number of nitrogens with zero attached hydrogens (tertiary/aromatic N) is 4. The third kappa shape index (κ3) is 3.46. The summed E-state index contributed by atoms with van der Waals surface area (Å²) in [6.45, 7) is 4.09. The van der Waals surface area contributed by atoms with Gasteiger partial charge in [-0.1, -0.05) is 13.8 Å². The summed E-state index contributed by atoms with van der Waals surface area (Å²) in [5.74, 6) is 1.73. The van der Waals surface area contributed by atoms with Crippen LogP contribution in [0.4, 0.5) is 0 Å². The summed E-state index contributed by atoms with van der Waals surface area (Å²) in [5, 5.41) is 0.905. The minimum atomic E-state index is 0.812. The first-order chi connectivity index (χ1) is 8.21. The van der Waals surface area contributed by atoms with Crippen molar-refractivity contribution >= 4 is 39.2 Å². The van der Waals surface area contributed by atoms with Gasteiger partial charge in [0.25, 0.3) is 0 Å². The summed E-state index contributed by atoms with van der Waals surface area (Å²) in [6, 6.07) is 1.90. The largest absolute Gasteiger partial charge is 0.226 e. The van der Waals surface area contributed by atoms with Crippen LogP contribution in [-0.4, -0.2) is 19.3 Å². The fourth-order valence-electron chi connectivity index (χ4n) is 1.16. The van der Waals surface area contributed by atoms with Crippen molar-refractivity contribution in [1.82, 2.24) is 19.3 Å². The Labute approximate surface area is 117 Å². The molecule has 4 nitrogen and oxygen atoms in total. The predicted octanol–water partition coefficient (Wildman–Crippen LogP) is 3.37. The van der Waals surface area contributed by atoms with Crippen LogP contribution in [0.2, 0.25) is 0 Å². The molecule has 0 atom stereocenters. The molecule has 2 aromatic heterocycles. The van der Waals surface area contributed by atoms with E-state index in [1.54, 1.807) is 0 Å². The van der Waals surface area contributed by atoms with Crippen LogP contribution in [0.3, 0.4) is 0 Å². The average Bonchev–Trinajstić information content (AvgIpc) is 2.76. The maximum Gasteiger partial charge on any atom is 0.176 e. The van der Waals surface area contributed by atoms with Gasteiger partial charge >= 0.3 is 0 Å². The lowest BCUT2D eigenvalue weighted by molar-refractivity contribution is 0.876. The average molecular weight is 331 g/mol. The molecule has 17 heavy (non-hydrogen) atoms. The zero-order valence-electron chi connectivity index (χ0n) is 9.47. The Bertz CT molecular complexity index is 515. The van der Waals surface area contributed by atoms with Crippen molar-refractivity contribution in [2.24, 2.45) is 0 Å². The lowest BCUT2D eigenvalue weighted by atomic mass is 10.4. The van der Waals surface area contributed by atoms with Gasteiger partial charge in [0.1, 0.15) is 21.3 Å². The van der Waals surface area contributed by atoms with E-state index in [4.69, 9.17) is 0 Å². The summed E-state index contributed by atoms with van der Waals surface area (Å²) < 4.78 is 5.99. The second-order valence-corrected chi connectivity index (χ2v) is 6.06. The lowest BCUT2D eigenvalue weighted by Gasteiger charge is -2.00. The summed E-state index contributed by atoms with van der Waals surface area (Å²) >= 11 is 6.33. The summed E-state index contributed by atoms with van der Waals surface area (Å²) in [5.41, 5.74) is 0. The molecule has 0 unspecified atom stereocenters. The Morgan fingerprint density at radius 3 is 2.59 bits per heavy atom. The monoisotopic (exact) mass is 330 g/mol. The number of rotatable bonds is 4. The number of hydrogen-bond donors (Lipinski definition) is 0. The minimum Gasteiger partial charge on any atom is -0.226 e. The first-order valence-corrected chi connectivity index (χ1v) is 7.63. The van der Waals surface area contributed by atoms with Gasteiger partial charge in [-0.15, -0.1) is 0 Å². The standard InChI is InChI=1S/C10H11BrN4S2/c1-3-7-12-6(11)5-9(13-7)16-10-14-8(4-2)15-17-10/h5H,3-4H2,1-2H3. The molecule has 2 aromatic rings. The van der Waals surface area contributed by atoms with Gasteiger partial charge in [-0.3, -0.25) is 0 Å². The van der Waals surface area contributed by atoms with Gasteiger partial charge in [0, 0.05) is 18.9 Å². The molecule has 0 N–H and O–H groups in total. The van der Waals surface area contributed by atoms with Crippen molar-refractivity contribution in [1.29, 1.82) is 0 Å². The van der Waals surface area contributed by atoms with Crippen molar-refractivity contribution in [3.05, 3.63) is 22.3 Å². The normalized spacial score (nSPS) is 10.8. The van der Waals surface area contributed by atoms with Crippen molar-refractivity contribution in [2.45, 2.75) is 36.1 Å².